The first-order valence-electron chi connectivity index (χ1n) is 7.92. The number of hydrogen-bond donors (Lipinski definition) is 0. The molecule has 1 aliphatic heterocycles. The Morgan fingerprint density at radius 2 is 1.54 bits per heavy atom. The zero-order valence-electron chi connectivity index (χ0n) is 12.9. The fourth-order valence-corrected chi connectivity index (χ4v) is 4.17. The van der Waals surface area contributed by atoms with Gasteiger partial charge in [0.1, 0.15) is 5.75 Å². The Labute approximate surface area is 148 Å². The lowest BCUT2D eigenvalue weighted by molar-refractivity contribution is 0.324. The fourth-order valence-electron chi connectivity index (χ4n) is 3.47. The summed E-state index contributed by atoms with van der Waals surface area (Å²) in [5, 5.41) is 4.81. The normalized spacial score (nSPS) is 13.3. The molecule has 0 spiro atoms. The third-order valence-corrected chi connectivity index (χ3v) is 5.45. The van der Waals surface area contributed by atoms with Gasteiger partial charge in [-0.15, -0.1) is 0 Å². The molecule has 0 saturated carbocycles. The SMILES string of the molecule is Brc1c(N2COc3cccc4cccc2c34)ccc2ccccc12. The van der Waals surface area contributed by atoms with Crippen LogP contribution in [0.4, 0.5) is 11.4 Å². The molecule has 0 amide bonds. The predicted octanol–water partition coefficient (Wildman–Crippen LogP) is 6.24. The largest absolute Gasteiger partial charge is 0.472 e. The van der Waals surface area contributed by atoms with E-state index in [0.717, 1.165) is 15.9 Å². The van der Waals surface area contributed by atoms with Crippen LogP contribution in [0.1, 0.15) is 0 Å². The molecule has 1 aliphatic rings. The Bertz CT molecular complexity index is 1080. The second-order valence-electron chi connectivity index (χ2n) is 5.95. The zero-order valence-corrected chi connectivity index (χ0v) is 14.5. The molecule has 4 aromatic rings. The highest BCUT2D eigenvalue weighted by atomic mass is 79.9. The summed E-state index contributed by atoms with van der Waals surface area (Å²) in [5.74, 6) is 0.955. The summed E-state index contributed by atoms with van der Waals surface area (Å²) in [6, 6.07) is 25.3. The predicted molar refractivity (Wildman–Crippen MR) is 103 cm³/mol. The van der Waals surface area contributed by atoms with E-state index < -0.39 is 0 Å². The van der Waals surface area contributed by atoms with Crippen molar-refractivity contribution in [1.29, 1.82) is 0 Å². The Morgan fingerprint density at radius 3 is 2.46 bits per heavy atom. The third-order valence-electron chi connectivity index (χ3n) is 4.62. The van der Waals surface area contributed by atoms with Crippen LogP contribution in [-0.2, 0) is 0 Å². The van der Waals surface area contributed by atoms with E-state index in [9.17, 15) is 0 Å². The first-order valence-corrected chi connectivity index (χ1v) is 8.71. The number of fused-ring (bicyclic) bond motifs is 1. The van der Waals surface area contributed by atoms with Gasteiger partial charge < -0.3 is 9.64 Å². The van der Waals surface area contributed by atoms with Gasteiger partial charge in [0.2, 0.25) is 0 Å². The Balaban J connectivity index is 1.77. The molecular weight excluding hydrogens is 362 g/mol. The van der Waals surface area contributed by atoms with Crippen molar-refractivity contribution < 1.29 is 4.74 Å². The van der Waals surface area contributed by atoms with E-state index in [2.05, 4.69) is 81.5 Å². The van der Waals surface area contributed by atoms with Gasteiger partial charge in [0, 0.05) is 9.86 Å². The molecule has 0 fully saturated rings. The van der Waals surface area contributed by atoms with Crippen LogP contribution in [0, 0.1) is 0 Å². The van der Waals surface area contributed by atoms with Crippen molar-refractivity contribution in [3.8, 4) is 5.75 Å². The highest BCUT2D eigenvalue weighted by molar-refractivity contribution is 9.10. The highest BCUT2D eigenvalue weighted by Gasteiger charge is 2.22. The number of nitrogens with zero attached hydrogens (tertiary/aromatic N) is 1. The lowest BCUT2D eigenvalue weighted by Gasteiger charge is -2.32. The van der Waals surface area contributed by atoms with Crippen LogP contribution in [0.25, 0.3) is 21.5 Å². The van der Waals surface area contributed by atoms with Crippen molar-refractivity contribution in [2.45, 2.75) is 0 Å². The topological polar surface area (TPSA) is 12.5 Å². The second kappa shape index (κ2) is 5.25. The van der Waals surface area contributed by atoms with Crippen LogP contribution in [0.5, 0.6) is 5.75 Å². The highest BCUT2D eigenvalue weighted by Crippen LogP contribution is 2.44. The molecule has 0 N–H and O–H groups in total. The van der Waals surface area contributed by atoms with Crippen LogP contribution in [0.3, 0.4) is 0 Å². The molecular formula is C21H14BrNO. The summed E-state index contributed by atoms with van der Waals surface area (Å²) in [7, 11) is 0. The van der Waals surface area contributed by atoms with Crippen molar-refractivity contribution in [3.63, 3.8) is 0 Å². The number of benzene rings is 4. The molecule has 4 aromatic carbocycles. The minimum atomic E-state index is 0.507. The van der Waals surface area contributed by atoms with Gasteiger partial charge in [-0.3, -0.25) is 0 Å². The minimum absolute atomic E-state index is 0.507. The van der Waals surface area contributed by atoms with Gasteiger partial charge in [0.15, 0.2) is 6.73 Å². The lowest BCUT2D eigenvalue weighted by Crippen LogP contribution is -2.26. The van der Waals surface area contributed by atoms with Gasteiger partial charge >= 0.3 is 0 Å². The van der Waals surface area contributed by atoms with Crippen molar-refractivity contribution in [2.75, 3.05) is 11.6 Å². The third kappa shape index (κ3) is 1.95. The maximum absolute atomic E-state index is 6.03. The van der Waals surface area contributed by atoms with E-state index in [1.54, 1.807) is 0 Å². The van der Waals surface area contributed by atoms with Crippen LogP contribution in [-0.4, -0.2) is 6.73 Å². The Morgan fingerprint density at radius 1 is 0.750 bits per heavy atom. The molecule has 116 valence electrons. The number of hydrogen-bond acceptors (Lipinski definition) is 2. The van der Waals surface area contributed by atoms with Crippen LogP contribution in [0.15, 0.2) is 77.3 Å². The molecule has 0 bridgehead atoms. The summed E-state index contributed by atoms with van der Waals surface area (Å²) in [5.41, 5.74) is 2.31. The number of ether oxygens (including phenoxy) is 1. The van der Waals surface area contributed by atoms with Gasteiger partial charge in [0.05, 0.1) is 11.4 Å². The van der Waals surface area contributed by atoms with Gasteiger partial charge in [-0.05, 0) is 50.3 Å². The molecule has 0 aliphatic carbocycles. The van der Waals surface area contributed by atoms with E-state index in [0.29, 0.717) is 6.73 Å². The summed E-state index contributed by atoms with van der Waals surface area (Å²) in [6.45, 7) is 0.507. The minimum Gasteiger partial charge on any atom is -0.472 e. The van der Waals surface area contributed by atoms with Crippen LogP contribution < -0.4 is 9.64 Å². The van der Waals surface area contributed by atoms with Gasteiger partial charge in [-0.25, -0.2) is 0 Å². The quantitative estimate of drug-likeness (QED) is 0.390. The first kappa shape index (κ1) is 13.9. The molecule has 0 radical (unpaired) electrons. The average molecular weight is 376 g/mol. The zero-order chi connectivity index (χ0) is 16.1. The van der Waals surface area contributed by atoms with Gasteiger partial charge in [-0.2, -0.15) is 0 Å². The lowest BCUT2D eigenvalue weighted by atomic mass is 10.0. The maximum atomic E-state index is 6.03. The van der Waals surface area contributed by atoms with E-state index >= 15 is 0 Å². The number of rotatable bonds is 1. The molecule has 1 heterocycles. The molecule has 24 heavy (non-hydrogen) atoms. The van der Waals surface area contributed by atoms with Crippen LogP contribution >= 0.6 is 15.9 Å². The van der Waals surface area contributed by atoms with Crippen molar-refractivity contribution in [2.24, 2.45) is 0 Å². The maximum Gasteiger partial charge on any atom is 0.165 e. The number of anilines is 2. The summed E-state index contributed by atoms with van der Waals surface area (Å²) < 4.78 is 7.13. The van der Waals surface area contributed by atoms with Crippen molar-refractivity contribution in [3.05, 3.63) is 77.3 Å². The molecule has 0 atom stereocenters. The summed E-state index contributed by atoms with van der Waals surface area (Å²) in [4.78, 5) is 2.23. The number of halogens is 1. The summed E-state index contributed by atoms with van der Waals surface area (Å²) >= 11 is 3.81. The van der Waals surface area contributed by atoms with Crippen molar-refractivity contribution >= 4 is 48.8 Å². The van der Waals surface area contributed by atoms with Crippen LogP contribution in [0.2, 0.25) is 0 Å². The average Bonchev–Trinajstić information content (AvgIpc) is 2.64. The smallest absolute Gasteiger partial charge is 0.165 e. The molecule has 2 nitrogen and oxygen atoms in total. The summed E-state index contributed by atoms with van der Waals surface area (Å²) in [6.07, 6.45) is 0. The monoisotopic (exact) mass is 375 g/mol. The molecule has 5 rings (SSSR count). The standard InChI is InChI=1S/C21H14BrNO/c22-21-16-8-2-1-5-14(16)11-12-18(21)23-13-24-19-10-4-7-15-6-3-9-17(23)20(15)19/h1-12H,13H2. The molecule has 3 heteroatoms. The Hall–Kier alpha value is -2.52. The fraction of sp³-hybridized carbons (Fsp3) is 0.0476. The molecule has 0 saturated heterocycles. The van der Waals surface area contributed by atoms with E-state index in [-0.39, 0.29) is 0 Å². The van der Waals surface area contributed by atoms with E-state index in [1.165, 1.54) is 27.2 Å². The molecule has 0 aromatic heterocycles. The van der Waals surface area contributed by atoms with E-state index in [1.807, 2.05) is 12.1 Å². The molecule has 0 unspecified atom stereocenters. The van der Waals surface area contributed by atoms with Crippen molar-refractivity contribution in [1.82, 2.24) is 0 Å². The van der Waals surface area contributed by atoms with Gasteiger partial charge in [0.25, 0.3) is 0 Å². The van der Waals surface area contributed by atoms with E-state index in [4.69, 9.17) is 4.74 Å². The Kier molecular flexibility index (Phi) is 3.03. The first-order chi connectivity index (χ1) is 11.8. The second-order valence-corrected chi connectivity index (χ2v) is 6.75. The van der Waals surface area contributed by atoms with Gasteiger partial charge in [-0.1, -0.05) is 54.6 Å².